The van der Waals surface area contributed by atoms with E-state index in [9.17, 15) is 9.59 Å². The minimum absolute atomic E-state index is 0.176. The number of piperazine rings is 1. The molecule has 2 aromatic carbocycles. The van der Waals surface area contributed by atoms with Gasteiger partial charge in [0, 0.05) is 48.5 Å². The number of carbonyl (C=O) groups is 2. The molecule has 34 heavy (non-hydrogen) atoms. The maximum absolute atomic E-state index is 12.7. The molecule has 1 aliphatic heterocycles. The molecule has 4 rings (SSSR count). The molecule has 2 amide bonds. The lowest BCUT2D eigenvalue weighted by Crippen LogP contribution is -2.51. The van der Waals surface area contributed by atoms with Gasteiger partial charge in [-0.1, -0.05) is 50.0 Å². The molecule has 0 bridgehead atoms. The quantitative estimate of drug-likeness (QED) is 0.463. The van der Waals surface area contributed by atoms with E-state index in [0.29, 0.717) is 40.1 Å². The van der Waals surface area contributed by atoms with Crippen LogP contribution in [0.25, 0.3) is 11.3 Å². The number of halogens is 2. The van der Waals surface area contributed by atoms with Crippen molar-refractivity contribution in [1.82, 2.24) is 4.90 Å². The molecular formula is C26H27Cl2N3O3. The molecule has 1 fully saturated rings. The molecule has 0 radical (unpaired) electrons. The lowest BCUT2D eigenvalue weighted by molar-refractivity contribution is -0.139. The number of furan rings is 1. The van der Waals surface area contributed by atoms with Crippen LogP contribution in [0.2, 0.25) is 10.0 Å². The number of nitrogens with zero attached hydrogens (tertiary/aromatic N) is 2. The topological polar surface area (TPSA) is 65.8 Å². The van der Waals surface area contributed by atoms with Gasteiger partial charge in [0.15, 0.2) is 5.76 Å². The van der Waals surface area contributed by atoms with Crippen LogP contribution < -0.4 is 10.2 Å². The molecule has 178 valence electrons. The average molecular weight is 500 g/mol. The summed E-state index contributed by atoms with van der Waals surface area (Å²) >= 11 is 12.3. The Morgan fingerprint density at radius 3 is 2.24 bits per heavy atom. The highest BCUT2D eigenvalue weighted by molar-refractivity contribution is 6.43. The van der Waals surface area contributed by atoms with Crippen LogP contribution in [0.15, 0.2) is 59.0 Å². The molecule has 0 saturated carbocycles. The predicted molar refractivity (Wildman–Crippen MR) is 137 cm³/mol. The summed E-state index contributed by atoms with van der Waals surface area (Å²) in [5.74, 6) is 0.474. The molecule has 1 aromatic heterocycles. The van der Waals surface area contributed by atoms with Crippen molar-refractivity contribution in [2.45, 2.75) is 20.8 Å². The monoisotopic (exact) mass is 499 g/mol. The minimum Gasteiger partial charge on any atom is -0.451 e. The van der Waals surface area contributed by atoms with Crippen LogP contribution >= 0.6 is 23.2 Å². The fourth-order valence-electron chi connectivity index (χ4n) is 3.89. The molecule has 1 N–H and O–H groups in total. The number of rotatable bonds is 4. The first-order valence-corrected chi connectivity index (χ1v) is 11.9. The van der Waals surface area contributed by atoms with Gasteiger partial charge in [-0.3, -0.25) is 9.59 Å². The summed E-state index contributed by atoms with van der Waals surface area (Å²) in [5, 5.41) is 3.65. The summed E-state index contributed by atoms with van der Waals surface area (Å²) in [6, 6.07) is 16.2. The van der Waals surface area contributed by atoms with Crippen molar-refractivity contribution in [2.75, 3.05) is 36.4 Å². The Balaban J connectivity index is 1.36. The SMILES string of the molecule is CC(C)(C)C(=O)N1CCN(c2ccc(NC(=O)c3ccc(-c4cccc(Cl)c4Cl)o3)cc2)CC1. The van der Waals surface area contributed by atoms with E-state index in [0.717, 1.165) is 18.8 Å². The first kappa shape index (κ1) is 24.2. The summed E-state index contributed by atoms with van der Waals surface area (Å²) in [6.07, 6.45) is 0. The first-order valence-electron chi connectivity index (χ1n) is 11.1. The number of hydrogen-bond donors (Lipinski definition) is 1. The lowest BCUT2D eigenvalue weighted by atomic mass is 9.94. The van der Waals surface area contributed by atoms with Gasteiger partial charge in [-0.05, 0) is 48.5 Å². The van der Waals surface area contributed by atoms with Crippen LogP contribution in [0.5, 0.6) is 0 Å². The summed E-state index contributed by atoms with van der Waals surface area (Å²) in [4.78, 5) is 29.3. The molecular weight excluding hydrogens is 473 g/mol. The number of nitrogens with one attached hydrogen (secondary N) is 1. The second-order valence-electron chi connectivity index (χ2n) is 9.30. The van der Waals surface area contributed by atoms with Gasteiger partial charge in [-0.2, -0.15) is 0 Å². The van der Waals surface area contributed by atoms with Crippen molar-refractivity contribution in [3.8, 4) is 11.3 Å². The Morgan fingerprint density at radius 1 is 0.912 bits per heavy atom. The molecule has 2 heterocycles. The molecule has 0 atom stereocenters. The Hall–Kier alpha value is -2.96. The summed E-state index contributed by atoms with van der Waals surface area (Å²) in [7, 11) is 0. The minimum atomic E-state index is -0.364. The number of amides is 2. The van der Waals surface area contributed by atoms with Gasteiger partial charge in [0.05, 0.1) is 10.0 Å². The van der Waals surface area contributed by atoms with E-state index < -0.39 is 0 Å². The number of hydrogen-bond acceptors (Lipinski definition) is 4. The molecule has 0 aliphatic carbocycles. The zero-order valence-electron chi connectivity index (χ0n) is 19.4. The zero-order valence-corrected chi connectivity index (χ0v) is 20.9. The van der Waals surface area contributed by atoms with Crippen molar-refractivity contribution in [3.63, 3.8) is 0 Å². The standard InChI is InChI=1S/C26H27Cl2N3O3/c1-26(2,3)25(33)31-15-13-30(14-16-31)18-9-7-17(8-10-18)29-24(32)22-12-11-21(34-22)19-5-4-6-20(27)23(19)28/h4-12H,13-16H2,1-3H3,(H,29,32). The van der Waals surface area contributed by atoms with Gasteiger partial charge in [0.1, 0.15) is 5.76 Å². The lowest BCUT2D eigenvalue weighted by Gasteiger charge is -2.38. The smallest absolute Gasteiger partial charge is 0.291 e. The Labute approximate surface area is 209 Å². The highest BCUT2D eigenvalue weighted by atomic mass is 35.5. The maximum atomic E-state index is 12.7. The van der Waals surface area contributed by atoms with Crippen molar-refractivity contribution in [2.24, 2.45) is 5.41 Å². The maximum Gasteiger partial charge on any atom is 0.291 e. The molecule has 1 aliphatic rings. The Morgan fingerprint density at radius 2 is 1.59 bits per heavy atom. The molecule has 0 unspecified atom stereocenters. The molecule has 1 saturated heterocycles. The second kappa shape index (κ2) is 9.72. The van der Waals surface area contributed by atoms with Gasteiger partial charge >= 0.3 is 0 Å². The van der Waals surface area contributed by atoms with E-state index in [2.05, 4.69) is 10.2 Å². The zero-order chi connectivity index (χ0) is 24.5. The van der Waals surface area contributed by atoms with Crippen LogP contribution in [0, 0.1) is 5.41 Å². The molecule has 3 aromatic rings. The van der Waals surface area contributed by atoms with Gasteiger partial charge < -0.3 is 19.5 Å². The third kappa shape index (κ3) is 5.24. The van der Waals surface area contributed by atoms with Crippen LogP contribution in [0.3, 0.4) is 0 Å². The molecule has 8 heteroatoms. The Kier molecular flexibility index (Phi) is 6.91. The van der Waals surface area contributed by atoms with E-state index in [4.69, 9.17) is 27.6 Å². The second-order valence-corrected chi connectivity index (χ2v) is 10.1. The van der Waals surface area contributed by atoms with Gasteiger partial charge in [-0.25, -0.2) is 0 Å². The van der Waals surface area contributed by atoms with E-state index in [1.54, 1.807) is 30.3 Å². The normalized spacial score (nSPS) is 14.3. The summed E-state index contributed by atoms with van der Waals surface area (Å²) in [5.41, 5.74) is 1.98. The van der Waals surface area contributed by atoms with Crippen molar-refractivity contribution in [3.05, 3.63) is 70.4 Å². The average Bonchev–Trinajstić information content (AvgIpc) is 3.31. The summed E-state index contributed by atoms with van der Waals surface area (Å²) in [6.45, 7) is 8.79. The van der Waals surface area contributed by atoms with Crippen molar-refractivity contribution < 1.29 is 14.0 Å². The van der Waals surface area contributed by atoms with Gasteiger partial charge in [0.2, 0.25) is 5.91 Å². The van der Waals surface area contributed by atoms with Crippen LogP contribution in [-0.2, 0) is 4.79 Å². The fourth-order valence-corrected chi connectivity index (χ4v) is 4.28. The summed E-state index contributed by atoms with van der Waals surface area (Å²) < 4.78 is 5.72. The molecule has 0 spiro atoms. The van der Waals surface area contributed by atoms with E-state index in [1.807, 2.05) is 49.9 Å². The largest absolute Gasteiger partial charge is 0.451 e. The first-order chi connectivity index (χ1) is 16.1. The number of anilines is 2. The third-order valence-corrected chi connectivity index (χ3v) is 6.56. The van der Waals surface area contributed by atoms with E-state index in [1.165, 1.54) is 0 Å². The fraction of sp³-hybridized carbons (Fsp3) is 0.308. The van der Waals surface area contributed by atoms with Crippen molar-refractivity contribution >= 4 is 46.4 Å². The van der Waals surface area contributed by atoms with Crippen LogP contribution in [0.1, 0.15) is 31.3 Å². The Bertz CT molecular complexity index is 1190. The van der Waals surface area contributed by atoms with Crippen LogP contribution in [-0.4, -0.2) is 42.9 Å². The van der Waals surface area contributed by atoms with Crippen molar-refractivity contribution in [1.29, 1.82) is 0 Å². The van der Waals surface area contributed by atoms with Crippen LogP contribution in [0.4, 0.5) is 11.4 Å². The number of carbonyl (C=O) groups excluding carboxylic acids is 2. The van der Waals surface area contributed by atoms with Gasteiger partial charge in [0.25, 0.3) is 5.91 Å². The van der Waals surface area contributed by atoms with E-state index in [-0.39, 0.29) is 23.0 Å². The number of benzene rings is 2. The molecule has 6 nitrogen and oxygen atoms in total. The highest BCUT2D eigenvalue weighted by Crippen LogP contribution is 2.34. The van der Waals surface area contributed by atoms with E-state index >= 15 is 0 Å². The predicted octanol–water partition coefficient (Wildman–Crippen LogP) is 6.20. The third-order valence-electron chi connectivity index (χ3n) is 5.75. The highest BCUT2D eigenvalue weighted by Gasteiger charge is 2.29. The van der Waals surface area contributed by atoms with Gasteiger partial charge in [-0.15, -0.1) is 0 Å².